The molecule has 2 rings (SSSR count). The van der Waals surface area contributed by atoms with E-state index in [1.165, 1.54) is 6.42 Å². The lowest BCUT2D eigenvalue weighted by molar-refractivity contribution is 0.0696. The Kier molecular flexibility index (Phi) is 3.28. The van der Waals surface area contributed by atoms with Gasteiger partial charge in [-0.1, -0.05) is 13.8 Å². The Labute approximate surface area is 107 Å². The molecule has 2 N–H and O–H groups in total. The van der Waals surface area contributed by atoms with E-state index in [4.69, 9.17) is 5.11 Å². The van der Waals surface area contributed by atoms with Gasteiger partial charge >= 0.3 is 5.97 Å². The Balaban J connectivity index is 2.30. The van der Waals surface area contributed by atoms with E-state index in [1.807, 2.05) is 13.8 Å². The van der Waals surface area contributed by atoms with Gasteiger partial charge in [-0.15, -0.1) is 0 Å². The predicted octanol–water partition coefficient (Wildman–Crippen LogP) is 3.26. The molecule has 0 spiro atoms. The number of anilines is 1. The van der Waals surface area contributed by atoms with Crippen molar-refractivity contribution in [2.45, 2.75) is 51.5 Å². The highest BCUT2D eigenvalue weighted by atomic mass is 16.4. The van der Waals surface area contributed by atoms with Gasteiger partial charge < -0.3 is 10.4 Å². The molecule has 1 fully saturated rings. The number of carboxylic acid groups (broad SMARTS) is 1. The van der Waals surface area contributed by atoms with Crippen LogP contribution in [-0.4, -0.2) is 21.6 Å². The number of pyridine rings is 1. The summed E-state index contributed by atoms with van der Waals surface area (Å²) in [5.41, 5.74) is 1.21. The molecule has 0 amide bonds. The lowest BCUT2D eigenvalue weighted by atomic mass is 9.78. The summed E-state index contributed by atoms with van der Waals surface area (Å²) >= 11 is 0. The molecule has 0 atom stereocenters. The van der Waals surface area contributed by atoms with E-state index in [-0.39, 0.29) is 11.5 Å². The molecule has 0 unspecified atom stereocenters. The van der Waals surface area contributed by atoms with Gasteiger partial charge in [-0.2, -0.15) is 0 Å². The average Bonchev–Trinajstić information content (AvgIpc) is 2.26. The smallest absolute Gasteiger partial charge is 0.335 e. The molecule has 98 valence electrons. The van der Waals surface area contributed by atoms with Gasteiger partial charge in [0.15, 0.2) is 0 Å². The summed E-state index contributed by atoms with van der Waals surface area (Å²) in [6, 6.07) is 3.28. The number of rotatable bonds is 4. The van der Waals surface area contributed by atoms with Crippen molar-refractivity contribution < 1.29 is 9.90 Å². The van der Waals surface area contributed by atoms with Crippen LogP contribution >= 0.6 is 0 Å². The maximum atomic E-state index is 11.1. The summed E-state index contributed by atoms with van der Waals surface area (Å²) < 4.78 is 0. The van der Waals surface area contributed by atoms with Crippen LogP contribution in [0.4, 0.5) is 5.82 Å². The number of hydrogen-bond acceptors (Lipinski definition) is 3. The van der Waals surface area contributed by atoms with Gasteiger partial charge in [0, 0.05) is 11.2 Å². The Hall–Kier alpha value is -1.58. The molecule has 0 bridgehead atoms. The normalized spacial score (nSPS) is 17.3. The van der Waals surface area contributed by atoms with Crippen molar-refractivity contribution >= 4 is 11.8 Å². The van der Waals surface area contributed by atoms with Crippen molar-refractivity contribution in [3.8, 4) is 0 Å². The molecule has 4 heteroatoms. The van der Waals surface area contributed by atoms with E-state index in [2.05, 4.69) is 17.2 Å². The number of carboxylic acids is 1. The largest absolute Gasteiger partial charge is 0.478 e. The number of aromatic carboxylic acids is 1. The first kappa shape index (κ1) is 12.9. The van der Waals surface area contributed by atoms with Gasteiger partial charge in [0.1, 0.15) is 5.82 Å². The number of nitrogens with zero attached hydrogens (tertiary/aromatic N) is 1. The van der Waals surface area contributed by atoms with Gasteiger partial charge in [-0.05, 0) is 44.2 Å². The molecule has 0 saturated heterocycles. The third-order valence-electron chi connectivity index (χ3n) is 3.57. The van der Waals surface area contributed by atoms with E-state index in [9.17, 15) is 4.79 Å². The van der Waals surface area contributed by atoms with Crippen LogP contribution in [-0.2, 0) is 0 Å². The van der Waals surface area contributed by atoms with Gasteiger partial charge in [0.2, 0.25) is 0 Å². The Bertz CT molecular complexity index is 465. The van der Waals surface area contributed by atoms with E-state index in [0.717, 1.165) is 18.5 Å². The minimum atomic E-state index is -0.902. The van der Waals surface area contributed by atoms with Crippen molar-refractivity contribution in [3.63, 3.8) is 0 Å². The lowest BCUT2D eigenvalue weighted by Gasteiger charge is -2.39. The fourth-order valence-corrected chi connectivity index (χ4v) is 2.18. The molecule has 1 heterocycles. The van der Waals surface area contributed by atoms with Crippen LogP contribution in [0.5, 0.6) is 0 Å². The second-order valence-corrected chi connectivity index (χ2v) is 5.66. The van der Waals surface area contributed by atoms with Crippen LogP contribution in [0.15, 0.2) is 12.1 Å². The molecule has 1 aliphatic carbocycles. The molecule has 0 aliphatic heterocycles. The predicted molar refractivity (Wildman–Crippen MR) is 71.2 cm³/mol. The topological polar surface area (TPSA) is 62.2 Å². The average molecular weight is 248 g/mol. The second kappa shape index (κ2) is 4.59. The van der Waals surface area contributed by atoms with Gasteiger partial charge in [-0.3, -0.25) is 0 Å². The number of hydrogen-bond donors (Lipinski definition) is 2. The van der Waals surface area contributed by atoms with Crippen LogP contribution in [0.2, 0.25) is 0 Å². The van der Waals surface area contributed by atoms with Crippen molar-refractivity contribution in [2.24, 2.45) is 0 Å². The zero-order valence-electron chi connectivity index (χ0n) is 11.2. The quantitative estimate of drug-likeness (QED) is 0.858. The molecule has 18 heavy (non-hydrogen) atoms. The van der Waals surface area contributed by atoms with Gasteiger partial charge in [0.05, 0.1) is 5.56 Å². The van der Waals surface area contributed by atoms with Crippen LogP contribution < -0.4 is 5.32 Å². The van der Waals surface area contributed by atoms with Gasteiger partial charge in [-0.25, -0.2) is 9.78 Å². The molecule has 1 aromatic heterocycles. The van der Waals surface area contributed by atoms with Gasteiger partial charge in [0.25, 0.3) is 0 Å². The minimum Gasteiger partial charge on any atom is -0.478 e. The van der Waals surface area contributed by atoms with E-state index < -0.39 is 5.97 Å². The number of nitrogens with one attached hydrogen (secondary N) is 1. The molecule has 1 aliphatic rings. The van der Waals surface area contributed by atoms with Crippen LogP contribution in [0.25, 0.3) is 0 Å². The van der Waals surface area contributed by atoms with Crippen LogP contribution in [0.1, 0.15) is 62.0 Å². The molecular formula is C14H20N2O2. The first-order valence-electron chi connectivity index (χ1n) is 6.43. The summed E-state index contributed by atoms with van der Waals surface area (Å²) in [5.74, 6) is 0.000888. The van der Waals surface area contributed by atoms with Crippen molar-refractivity contribution in [2.75, 3.05) is 5.32 Å². The molecule has 1 aromatic rings. The van der Waals surface area contributed by atoms with Crippen molar-refractivity contribution in [1.29, 1.82) is 0 Å². The Morgan fingerprint density at radius 2 is 2.11 bits per heavy atom. The summed E-state index contributed by atoms with van der Waals surface area (Å²) in [5, 5.41) is 12.5. The zero-order valence-corrected chi connectivity index (χ0v) is 11.2. The lowest BCUT2D eigenvalue weighted by Crippen LogP contribution is -2.42. The van der Waals surface area contributed by atoms with E-state index >= 15 is 0 Å². The molecule has 4 nitrogen and oxygen atoms in total. The SMILES string of the molecule is CC(C)c1cc(C(=O)O)cc(NC2(C)CCC2)n1. The highest BCUT2D eigenvalue weighted by molar-refractivity contribution is 5.88. The molecular weight excluding hydrogens is 228 g/mol. The fraction of sp³-hybridized carbons (Fsp3) is 0.571. The molecule has 0 radical (unpaired) electrons. The first-order chi connectivity index (χ1) is 8.39. The third kappa shape index (κ3) is 2.63. The van der Waals surface area contributed by atoms with Crippen LogP contribution in [0.3, 0.4) is 0 Å². The summed E-state index contributed by atoms with van der Waals surface area (Å²) in [6.45, 7) is 6.19. The van der Waals surface area contributed by atoms with E-state index in [1.54, 1.807) is 12.1 Å². The first-order valence-corrected chi connectivity index (χ1v) is 6.43. The summed E-state index contributed by atoms with van der Waals surface area (Å²) in [6.07, 6.45) is 3.45. The Morgan fingerprint density at radius 1 is 1.44 bits per heavy atom. The third-order valence-corrected chi connectivity index (χ3v) is 3.57. The maximum Gasteiger partial charge on any atom is 0.335 e. The second-order valence-electron chi connectivity index (χ2n) is 5.66. The van der Waals surface area contributed by atoms with Crippen molar-refractivity contribution in [3.05, 3.63) is 23.4 Å². The fourth-order valence-electron chi connectivity index (χ4n) is 2.18. The highest BCUT2D eigenvalue weighted by Crippen LogP contribution is 2.34. The molecule has 1 saturated carbocycles. The summed E-state index contributed by atoms with van der Waals surface area (Å²) in [7, 11) is 0. The number of aromatic nitrogens is 1. The minimum absolute atomic E-state index is 0.0817. The van der Waals surface area contributed by atoms with Crippen molar-refractivity contribution in [1.82, 2.24) is 4.98 Å². The molecule has 0 aromatic carbocycles. The standard InChI is InChI=1S/C14H20N2O2/c1-9(2)11-7-10(13(17)18)8-12(15-11)16-14(3)5-4-6-14/h7-9H,4-6H2,1-3H3,(H,15,16)(H,17,18). The zero-order chi connectivity index (χ0) is 13.3. The Morgan fingerprint density at radius 3 is 2.56 bits per heavy atom. The van der Waals surface area contributed by atoms with E-state index in [0.29, 0.717) is 11.4 Å². The monoisotopic (exact) mass is 248 g/mol. The highest BCUT2D eigenvalue weighted by Gasteiger charge is 2.32. The summed E-state index contributed by atoms with van der Waals surface area (Å²) in [4.78, 5) is 15.6. The maximum absolute atomic E-state index is 11.1. The number of carbonyl (C=O) groups is 1. The van der Waals surface area contributed by atoms with Crippen LogP contribution in [0, 0.1) is 0 Å².